The molecular weight excluding hydrogens is 405 g/mol. The van der Waals surface area contributed by atoms with Crippen LogP contribution in [0.25, 0.3) is 0 Å². The summed E-state index contributed by atoms with van der Waals surface area (Å²) >= 11 is 0. The van der Waals surface area contributed by atoms with Crippen LogP contribution in [0.2, 0.25) is 0 Å². The largest absolute Gasteiger partial charge is 0.497 e. The second kappa shape index (κ2) is 10.8. The Kier molecular flexibility index (Phi) is 9.07. The van der Waals surface area contributed by atoms with Gasteiger partial charge in [0.05, 0.1) is 31.7 Å². The van der Waals surface area contributed by atoms with Gasteiger partial charge in [-0.3, -0.25) is 9.59 Å². The number of hydrogen-bond acceptors (Lipinski definition) is 6. The van der Waals surface area contributed by atoms with Crippen molar-refractivity contribution < 1.29 is 32.6 Å². The molecule has 8 nitrogen and oxygen atoms in total. The smallest absolute Gasteiger partial charge is 0.416 e. The maximum Gasteiger partial charge on any atom is 0.416 e. The molecule has 0 bridgehead atoms. The third kappa shape index (κ3) is 6.89. The Morgan fingerprint density at radius 3 is 2.20 bits per heavy atom. The van der Waals surface area contributed by atoms with Gasteiger partial charge in [-0.05, 0) is 23.6 Å². The number of rotatable bonds is 9. The van der Waals surface area contributed by atoms with E-state index in [1.54, 1.807) is 6.07 Å². The molecule has 0 radical (unpaired) electrons. The van der Waals surface area contributed by atoms with Crippen molar-refractivity contribution in [2.45, 2.75) is 50.7 Å². The van der Waals surface area contributed by atoms with Crippen molar-refractivity contribution in [3.63, 3.8) is 0 Å². The van der Waals surface area contributed by atoms with E-state index >= 15 is 0 Å². The lowest BCUT2D eigenvalue weighted by Gasteiger charge is -2.31. The first-order chi connectivity index (χ1) is 13.9. The fraction of sp³-hybridized carbons (Fsp3) is 0.526. The van der Waals surface area contributed by atoms with Crippen LogP contribution in [0.5, 0.6) is 5.75 Å². The SMILES string of the molecule is COc1ccc(C(NC(=O)[C@@H](N)CC#N)C(=O)N[C@@H](C(C)C)[C@H](O)C(F)(F)F)cc1. The number of halogens is 3. The number of aliphatic hydroxyl groups excluding tert-OH is 1. The van der Waals surface area contributed by atoms with Gasteiger partial charge in [-0.15, -0.1) is 0 Å². The number of nitriles is 1. The van der Waals surface area contributed by atoms with Gasteiger partial charge in [-0.2, -0.15) is 18.4 Å². The lowest BCUT2D eigenvalue weighted by atomic mass is 9.96. The molecule has 1 aromatic carbocycles. The first-order valence-corrected chi connectivity index (χ1v) is 9.04. The molecule has 0 spiro atoms. The monoisotopic (exact) mass is 430 g/mol. The Morgan fingerprint density at radius 1 is 1.20 bits per heavy atom. The maximum atomic E-state index is 13.0. The zero-order valence-corrected chi connectivity index (χ0v) is 16.7. The molecule has 0 aliphatic heterocycles. The van der Waals surface area contributed by atoms with Crippen LogP contribution in [-0.4, -0.2) is 48.4 Å². The number of carbonyl (C=O) groups excluding carboxylic acids is 2. The van der Waals surface area contributed by atoms with Crippen molar-refractivity contribution in [2.24, 2.45) is 11.7 Å². The van der Waals surface area contributed by atoms with Crippen molar-refractivity contribution >= 4 is 11.8 Å². The van der Waals surface area contributed by atoms with E-state index in [9.17, 15) is 27.9 Å². The van der Waals surface area contributed by atoms with Crippen LogP contribution in [-0.2, 0) is 9.59 Å². The predicted octanol–water partition coefficient (Wildman–Crippen LogP) is 1.16. The Morgan fingerprint density at radius 2 is 1.77 bits per heavy atom. The lowest BCUT2D eigenvalue weighted by molar-refractivity contribution is -0.215. The van der Waals surface area contributed by atoms with Crippen LogP contribution < -0.4 is 21.1 Å². The van der Waals surface area contributed by atoms with Crippen LogP contribution in [0.3, 0.4) is 0 Å². The molecule has 1 rings (SSSR count). The number of hydrogen-bond donors (Lipinski definition) is 4. The molecule has 1 unspecified atom stereocenters. The number of nitrogens with zero attached hydrogens (tertiary/aromatic N) is 1. The van der Waals surface area contributed by atoms with Crippen molar-refractivity contribution in [3.8, 4) is 11.8 Å². The van der Waals surface area contributed by atoms with E-state index < -0.39 is 48.1 Å². The van der Waals surface area contributed by atoms with E-state index in [-0.39, 0.29) is 12.0 Å². The van der Waals surface area contributed by atoms with Crippen molar-refractivity contribution in [3.05, 3.63) is 29.8 Å². The van der Waals surface area contributed by atoms with Crippen molar-refractivity contribution in [2.75, 3.05) is 7.11 Å². The van der Waals surface area contributed by atoms with Crippen LogP contribution in [0, 0.1) is 17.2 Å². The fourth-order valence-corrected chi connectivity index (χ4v) is 2.60. The lowest BCUT2D eigenvalue weighted by Crippen LogP contribution is -2.55. The first-order valence-electron chi connectivity index (χ1n) is 9.04. The summed E-state index contributed by atoms with van der Waals surface area (Å²) in [4.78, 5) is 25.1. The van der Waals surface area contributed by atoms with Crippen LogP contribution in [0.15, 0.2) is 24.3 Å². The summed E-state index contributed by atoms with van der Waals surface area (Å²) in [7, 11) is 1.42. The Balaban J connectivity index is 3.19. The topological polar surface area (TPSA) is 137 Å². The Bertz CT molecular complexity index is 763. The number of methoxy groups -OCH3 is 1. The molecule has 0 saturated carbocycles. The van der Waals surface area contributed by atoms with E-state index in [4.69, 9.17) is 15.7 Å². The molecule has 166 valence electrons. The van der Waals surface area contributed by atoms with Crippen LogP contribution >= 0.6 is 0 Å². The second-order valence-corrected chi connectivity index (χ2v) is 6.95. The van der Waals surface area contributed by atoms with E-state index in [2.05, 4.69) is 10.6 Å². The summed E-state index contributed by atoms with van der Waals surface area (Å²) in [6.07, 6.45) is -8.06. The zero-order valence-electron chi connectivity index (χ0n) is 16.7. The van der Waals surface area contributed by atoms with Gasteiger partial charge in [0.1, 0.15) is 11.8 Å². The summed E-state index contributed by atoms with van der Waals surface area (Å²) in [6, 6.07) is 3.33. The number of carbonyl (C=O) groups is 2. The Labute approximate surface area is 172 Å². The molecule has 0 aliphatic carbocycles. The van der Waals surface area contributed by atoms with Gasteiger partial charge in [0.25, 0.3) is 0 Å². The number of ether oxygens (including phenoxy) is 1. The average molecular weight is 430 g/mol. The third-order valence-corrected chi connectivity index (χ3v) is 4.35. The minimum atomic E-state index is -4.95. The predicted molar refractivity (Wildman–Crippen MR) is 101 cm³/mol. The highest BCUT2D eigenvalue weighted by molar-refractivity contribution is 5.90. The summed E-state index contributed by atoms with van der Waals surface area (Å²) in [6.45, 7) is 2.81. The quantitative estimate of drug-likeness (QED) is 0.464. The zero-order chi connectivity index (χ0) is 23.1. The van der Waals surface area contributed by atoms with Crippen molar-refractivity contribution in [1.82, 2.24) is 10.6 Å². The number of alkyl halides is 3. The maximum absolute atomic E-state index is 13.0. The Hall–Kier alpha value is -2.84. The number of benzene rings is 1. The van der Waals surface area contributed by atoms with Gasteiger partial charge in [0.2, 0.25) is 11.8 Å². The molecule has 0 fully saturated rings. The molecule has 11 heteroatoms. The van der Waals surface area contributed by atoms with Gasteiger partial charge < -0.3 is 26.2 Å². The molecular formula is C19H25F3N4O4. The summed E-state index contributed by atoms with van der Waals surface area (Å²) < 4.78 is 44.0. The molecule has 1 aromatic rings. The van der Waals surface area contributed by atoms with Gasteiger partial charge >= 0.3 is 6.18 Å². The van der Waals surface area contributed by atoms with E-state index in [1.165, 1.54) is 45.2 Å². The molecule has 2 amide bonds. The summed E-state index contributed by atoms with van der Waals surface area (Å²) in [5.74, 6) is -2.11. The summed E-state index contributed by atoms with van der Waals surface area (Å²) in [5, 5.41) is 22.8. The number of aliphatic hydroxyl groups is 1. The third-order valence-electron chi connectivity index (χ3n) is 4.35. The molecule has 0 saturated heterocycles. The second-order valence-electron chi connectivity index (χ2n) is 6.95. The minimum absolute atomic E-state index is 0.245. The normalized spacial score (nSPS) is 15.5. The van der Waals surface area contributed by atoms with Crippen molar-refractivity contribution in [1.29, 1.82) is 5.26 Å². The number of amides is 2. The molecule has 0 aromatic heterocycles. The standard InChI is InChI=1S/C19H25F3N4O4/c1-10(2)14(16(27)19(20,21)22)25-18(29)15(26-17(28)13(24)8-9-23)11-4-6-12(30-3)7-5-11/h4-7,10,13-16,27H,8,24H2,1-3H3,(H,25,29)(H,26,28)/t13-,14-,15?,16-/m0/s1. The van der Waals surface area contributed by atoms with Gasteiger partial charge in [0.15, 0.2) is 6.10 Å². The fourth-order valence-electron chi connectivity index (χ4n) is 2.60. The molecule has 0 heterocycles. The highest BCUT2D eigenvalue weighted by Gasteiger charge is 2.45. The number of nitrogens with two attached hydrogens (primary N) is 1. The van der Waals surface area contributed by atoms with Gasteiger partial charge in [0, 0.05) is 0 Å². The van der Waals surface area contributed by atoms with E-state index in [1.807, 2.05) is 0 Å². The summed E-state index contributed by atoms with van der Waals surface area (Å²) in [5.41, 5.74) is 5.82. The highest BCUT2D eigenvalue weighted by atomic mass is 19.4. The average Bonchev–Trinajstić information content (AvgIpc) is 2.68. The van der Waals surface area contributed by atoms with Crippen LogP contribution in [0.1, 0.15) is 31.9 Å². The molecule has 5 N–H and O–H groups in total. The van der Waals surface area contributed by atoms with Gasteiger partial charge in [-0.1, -0.05) is 26.0 Å². The van der Waals surface area contributed by atoms with Gasteiger partial charge in [-0.25, -0.2) is 0 Å². The van der Waals surface area contributed by atoms with E-state index in [0.29, 0.717) is 5.75 Å². The minimum Gasteiger partial charge on any atom is -0.497 e. The first kappa shape index (κ1) is 25.2. The van der Waals surface area contributed by atoms with Crippen LogP contribution in [0.4, 0.5) is 13.2 Å². The van der Waals surface area contributed by atoms with E-state index in [0.717, 1.165) is 0 Å². The number of nitrogens with one attached hydrogen (secondary N) is 2. The highest BCUT2D eigenvalue weighted by Crippen LogP contribution is 2.26. The molecule has 4 atom stereocenters. The molecule has 30 heavy (non-hydrogen) atoms. The molecule has 0 aliphatic rings.